The third kappa shape index (κ3) is 5.21. The number of amides is 3. The summed E-state index contributed by atoms with van der Waals surface area (Å²) in [5.74, 6) is 1.91. The van der Waals surface area contributed by atoms with Crippen molar-refractivity contribution in [2.75, 3.05) is 6.54 Å². The fourth-order valence-corrected chi connectivity index (χ4v) is 5.45. The van der Waals surface area contributed by atoms with Gasteiger partial charge in [0.2, 0.25) is 11.8 Å². The van der Waals surface area contributed by atoms with Crippen LogP contribution in [0.2, 0.25) is 0 Å². The summed E-state index contributed by atoms with van der Waals surface area (Å²) in [7, 11) is 0. The molecule has 0 bridgehead atoms. The Morgan fingerprint density at radius 2 is 1.95 bits per heavy atom. The maximum Gasteiger partial charge on any atom is 0.410 e. The molecule has 3 amide bonds. The monoisotopic (exact) mass is 531 g/mol. The predicted molar refractivity (Wildman–Crippen MR) is 128 cm³/mol. The van der Waals surface area contributed by atoms with Gasteiger partial charge in [-0.1, -0.05) is 11.2 Å². The Labute approximate surface area is 216 Å². The van der Waals surface area contributed by atoms with Crippen LogP contribution in [0, 0.1) is 24.7 Å². The number of halogens is 3. The van der Waals surface area contributed by atoms with Crippen LogP contribution in [0.15, 0.2) is 33.2 Å². The number of aryl methyl sites for hydroxylation is 1. The summed E-state index contributed by atoms with van der Waals surface area (Å²) < 4.78 is 50.4. The Hall–Kier alpha value is -3.57. The Kier molecular flexibility index (Phi) is 6.07. The number of oxazole rings is 1. The van der Waals surface area contributed by atoms with Crippen LogP contribution in [-0.2, 0) is 17.8 Å². The van der Waals surface area contributed by atoms with Crippen molar-refractivity contribution in [1.29, 1.82) is 0 Å². The smallest absolute Gasteiger partial charge is 0.410 e. The molecule has 0 unspecified atom stereocenters. The van der Waals surface area contributed by atoms with Gasteiger partial charge in [0, 0.05) is 12.6 Å². The maximum atomic E-state index is 13.0. The average Bonchev–Trinajstić information content (AvgIpc) is 3.75. The van der Waals surface area contributed by atoms with E-state index in [1.165, 1.54) is 0 Å². The normalized spacial score (nSPS) is 20.8. The molecule has 1 aromatic carbocycles. The lowest BCUT2D eigenvalue weighted by atomic mass is 9.89. The van der Waals surface area contributed by atoms with E-state index in [4.69, 9.17) is 13.9 Å². The largest absolute Gasteiger partial charge is 0.438 e. The van der Waals surface area contributed by atoms with Crippen LogP contribution in [0.25, 0.3) is 11.1 Å². The first-order valence-electron chi connectivity index (χ1n) is 12.9. The van der Waals surface area contributed by atoms with Crippen LogP contribution in [-0.4, -0.2) is 45.7 Å². The number of hydrogen-bond acceptors (Lipinski definition) is 6. The van der Waals surface area contributed by atoms with Gasteiger partial charge in [0.25, 0.3) is 0 Å². The fourth-order valence-electron chi connectivity index (χ4n) is 5.45. The fraction of sp³-hybridized carbons (Fsp3) is 0.538. The topological polar surface area (TPSA) is 114 Å². The SMILES string of the molecule is Cc1cc(CC(=O)N[C@H](c2nc3cc(CN4C[C@@H](C(F)(F)F)NC4=O)ccc3o2)C(C2CC2)C2CC2)on1. The zero-order valence-electron chi connectivity index (χ0n) is 20.8. The minimum absolute atomic E-state index is 0.0140. The van der Waals surface area contributed by atoms with Crippen molar-refractivity contribution in [1.82, 2.24) is 25.7 Å². The number of urea groups is 1. The molecular weight excluding hydrogens is 503 g/mol. The molecule has 3 fully saturated rings. The van der Waals surface area contributed by atoms with Crippen molar-refractivity contribution in [2.45, 2.75) is 63.8 Å². The first-order valence-corrected chi connectivity index (χ1v) is 12.9. The molecule has 3 aliphatic rings. The molecular formula is C26H28F3N5O4. The van der Waals surface area contributed by atoms with Crippen molar-refractivity contribution < 1.29 is 31.7 Å². The van der Waals surface area contributed by atoms with E-state index in [1.54, 1.807) is 31.2 Å². The van der Waals surface area contributed by atoms with Gasteiger partial charge < -0.3 is 24.5 Å². The van der Waals surface area contributed by atoms with Gasteiger partial charge in [0.1, 0.15) is 23.4 Å². The number of rotatable bonds is 9. The van der Waals surface area contributed by atoms with Crippen molar-refractivity contribution in [3.63, 3.8) is 0 Å². The number of carbonyl (C=O) groups excluding carboxylic acids is 2. The highest BCUT2D eigenvalue weighted by molar-refractivity contribution is 5.79. The van der Waals surface area contributed by atoms with E-state index in [-0.39, 0.29) is 24.8 Å². The summed E-state index contributed by atoms with van der Waals surface area (Å²) in [6.45, 7) is 1.36. The van der Waals surface area contributed by atoms with Crippen molar-refractivity contribution in [3.05, 3.63) is 47.2 Å². The summed E-state index contributed by atoms with van der Waals surface area (Å²) in [4.78, 5) is 30.9. The van der Waals surface area contributed by atoms with Crippen LogP contribution in [0.4, 0.5) is 18.0 Å². The Morgan fingerprint density at radius 1 is 1.21 bits per heavy atom. The Morgan fingerprint density at radius 3 is 2.55 bits per heavy atom. The number of nitrogens with one attached hydrogen (secondary N) is 2. The molecule has 0 radical (unpaired) electrons. The molecule has 3 aromatic rings. The number of nitrogens with zero attached hydrogens (tertiary/aromatic N) is 3. The standard InChI is InChI=1S/C26H28F3N5O4/c1-13-8-17(38-33-13)10-21(35)32-23(22(15-3-4-15)16-5-6-16)24-30-18-9-14(2-7-19(18)37-24)11-34-12-20(26(27,28)29)31-25(34)36/h2,7-9,15-16,20,22-23H,3-6,10-12H2,1H3,(H,31,36)(H,32,35)/t20-,23-/m0/s1. The average molecular weight is 532 g/mol. The zero-order chi connectivity index (χ0) is 26.6. The minimum atomic E-state index is -4.50. The number of alkyl halides is 3. The molecule has 2 aliphatic carbocycles. The summed E-state index contributed by atoms with van der Waals surface area (Å²) in [5, 5.41) is 8.96. The number of hydrogen-bond donors (Lipinski definition) is 2. The minimum Gasteiger partial charge on any atom is -0.438 e. The van der Waals surface area contributed by atoms with E-state index < -0.39 is 30.8 Å². The second-order valence-electron chi connectivity index (χ2n) is 10.7. The molecule has 2 saturated carbocycles. The summed E-state index contributed by atoms with van der Waals surface area (Å²) >= 11 is 0. The molecule has 3 heterocycles. The van der Waals surface area contributed by atoms with Gasteiger partial charge >= 0.3 is 12.2 Å². The van der Waals surface area contributed by atoms with E-state index >= 15 is 0 Å². The van der Waals surface area contributed by atoms with Crippen LogP contribution in [0.5, 0.6) is 0 Å². The highest BCUT2D eigenvalue weighted by atomic mass is 19.4. The third-order valence-corrected chi connectivity index (χ3v) is 7.54. The number of aromatic nitrogens is 2. The number of benzene rings is 1. The molecule has 12 heteroatoms. The summed E-state index contributed by atoms with van der Waals surface area (Å²) in [6, 6.07) is 3.82. The lowest BCUT2D eigenvalue weighted by Gasteiger charge is -2.25. The highest BCUT2D eigenvalue weighted by Crippen LogP contribution is 2.54. The molecule has 38 heavy (non-hydrogen) atoms. The second kappa shape index (κ2) is 9.32. The van der Waals surface area contributed by atoms with Gasteiger partial charge in [-0.05, 0) is 68.1 Å². The molecule has 2 atom stereocenters. The first-order chi connectivity index (χ1) is 18.1. The van der Waals surface area contributed by atoms with Crippen LogP contribution in [0.1, 0.15) is 54.6 Å². The Balaban J connectivity index is 1.23. The molecule has 2 N–H and O–H groups in total. The summed E-state index contributed by atoms with van der Waals surface area (Å²) in [5.41, 5.74) is 2.38. The van der Waals surface area contributed by atoms with Crippen molar-refractivity contribution in [3.8, 4) is 0 Å². The van der Waals surface area contributed by atoms with Gasteiger partial charge in [0.05, 0.1) is 18.7 Å². The Bertz CT molecular complexity index is 1350. The van der Waals surface area contributed by atoms with E-state index in [1.807, 2.05) is 5.32 Å². The van der Waals surface area contributed by atoms with Gasteiger partial charge in [-0.15, -0.1) is 0 Å². The van der Waals surface area contributed by atoms with Crippen LogP contribution >= 0.6 is 0 Å². The lowest BCUT2D eigenvalue weighted by molar-refractivity contribution is -0.149. The van der Waals surface area contributed by atoms with Gasteiger partial charge in [-0.3, -0.25) is 4.79 Å². The molecule has 1 saturated heterocycles. The molecule has 0 spiro atoms. The van der Waals surface area contributed by atoms with E-state index in [0.29, 0.717) is 45.8 Å². The van der Waals surface area contributed by atoms with Crippen molar-refractivity contribution in [2.24, 2.45) is 17.8 Å². The first kappa shape index (κ1) is 24.7. The predicted octanol–water partition coefficient (Wildman–Crippen LogP) is 4.42. The molecule has 6 rings (SSSR count). The lowest BCUT2D eigenvalue weighted by Crippen LogP contribution is -2.40. The van der Waals surface area contributed by atoms with Crippen molar-refractivity contribution >= 4 is 23.0 Å². The third-order valence-electron chi connectivity index (χ3n) is 7.54. The van der Waals surface area contributed by atoms with Gasteiger partial charge in [-0.25, -0.2) is 9.78 Å². The van der Waals surface area contributed by atoms with Gasteiger partial charge in [0.15, 0.2) is 5.58 Å². The molecule has 1 aliphatic heterocycles. The van der Waals surface area contributed by atoms with Crippen LogP contribution in [0.3, 0.4) is 0 Å². The zero-order valence-corrected chi connectivity index (χ0v) is 20.8. The molecule has 202 valence electrons. The van der Waals surface area contributed by atoms with E-state index in [9.17, 15) is 22.8 Å². The van der Waals surface area contributed by atoms with Crippen LogP contribution < -0.4 is 10.6 Å². The number of carbonyl (C=O) groups is 2. The highest BCUT2D eigenvalue weighted by Gasteiger charge is 2.48. The molecule has 2 aromatic heterocycles. The number of fused-ring (bicyclic) bond motifs is 1. The van der Waals surface area contributed by atoms with E-state index in [0.717, 1.165) is 30.6 Å². The second-order valence-corrected chi connectivity index (χ2v) is 10.7. The maximum absolute atomic E-state index is 13.0. The summed E-state index contributed by atoms with van der Waals surface area (Å²) in [6.07, 6.45) is -0.0144. The van der Waals surface area contributed by atoms with E-state index in [2.05, 4.69) is 10.5 Å². The van der Waals surface area contributed by atoms with Gasteiger partial charge in [-0.2, -0.15) is 13.2 Å². The molecule has 9 nitrogen and oxygen atoms in total. The quantitative estimate of drug-likeness (QED) is 0.423.